The van der Waals surface area contributed by atoms with Crippen LogP contribution in [0.1, 0.15) is 71.6 Å². The molecule has 0 fully saturated rings. The molecule has 0 unspecified atom stereocenters. The second-order valence-corrected chi connectivity index (χ2v) is 18.8. The van der Waals surface area contributed by atoms with Gasteiger partial charge in [-0.15, -0.1) is 0 Å². The maximum atomic E-state index is 12.6. The van der Waals surface area contributed by atoms with Gasteiger partial charge >= 0.3 is 0 Å². The molecule has 0 spiro atoms. The number of hydrogen-bond donors (Lipinski definition) is 6. The van der Waals surface area contributed by atoms with Gasteiger partial charge in [0.05, 0.1) is 48.0 Å². The molecule has 2 aromatic heterocycles. The fraction of sp³-hybridized carbons (Fsp3) is 0.344. The Balaban J connectivity index is 0.00000800. The number of nitrogen functional groups attached to an aromatic ring is 4. The van der Waals surface area contributed by atoms with Gasteiger partial charge in [0.1, 0.15) is 13.1 Å². The standard InChI is InChI=1S/C60H70N8O5.CH4/c61-45-21-25-49-51-27-23-47(63)41-55(51)67(59(53(49)39-45)43-15-5-1-6-16-43)31-11-3-9-19-57(69)65-29-13-33-71-35-37-73-38-36-72-34-14-30-66-58(70)20-10-4-12-32-68-56-42-48(64)24-28-52(56)50-26-22-46(62)40-54(50)60(68)44-17-7-2-8-18-44;/h1-2,5-8,15-18,21-28,39-42,63-64H,3-4,9-14,19-20,29-38,61-62H2,(H2,65,66,69,70);1H4/p+2. The minimum Gasteiger partial charge on any atom is -0.399 e. The molecule has 0 atom stereocenters. The fourth-order valence-electron chi connectivity index (χ4n) is 9.78. The van der Waals surface area contributed by atoms with Crippen molar-refractivity contribution in [2.75, 3.05) is 75.7 Å². The number of hydrogen-bond acceptors (Lipinski definition) is 9. The van der Waals surface area contributed by atoms with Gasteiger partial charge in [0.2, 0.25) is 34.2 Å². The number of unbranched alkanes of at least 4 members (excludes halogenated alkanes) is 4. The minimum atomic E-state index is 0. The Hall–Kier alpha value is -7.32. The summed E-state index contributed by atoms with van der Waals surface area (Å²) in [6, 6.07) is 45.3. The lowest BCUT2D eigenvalue weighted by Gasteiger charge is -2.13. The van der Waals surface area contributed by atoms with Crippen LogP contribution in [0, 0.1) is 0 Å². The predicted molar refractivity (Wildman–Crippen MR) is 303 cm³/mol. The van der Waals surface area contributed by atoms with Crippen LogP contribution in [0.25, 0.3) is 65.9 Å². The van der Waals surface area contributed by atoms with Crippen LogP contribution >= 0.6 is 0 Å². The summed E-state index contributed by atoms with van der Waals surface area (Å²) >= 11 is 0. The second-order valence-electron chi connectivity index (χ2n) is 18.8. The number of benzene rings is 6. The lowest BCUT2D eigenvalue weighted by Crippen LogP contribution is -2.38. The minimum absolute atomic E-state index is 0. The number of carbonyl (C=O) groups is 2. The van der Waals surface area contributed by atoms with Crippen LogP contribution in [-0.4, -0.2) is 64.5 Å². The number of nitrogens with two attached hydrogens (primary N) is 4. The van der Waals surface area contributed by atoms with Crippen LogP contribution in [0.3, 0.4) is 0 Å². The van der Waals surface area contributed by atoms with Crippen LogP contribution < -0.4 is 42.7 Å². The first-order valence-electron chi connectivity index (χ1n) is 26.0. The van der Waals surface area contributed by atoms with Crippen LogP contribution in [0.4, 0.5) is 22.7 Å². The number of anilines is 4. The van der Waals surface area contributed by atoms with Crippen LogP contribution in [-0.2, 0) is 36.9 Å². The van der Waals surface area contributed by atoms with Gasteiger partial charge in [0, 0.05) is 109 Å². The van der Waals surface area contributed by atoms with Crippen LogP contribution in [0.2, 0.25) is 0 Å². The van der Waals surface area contributed by atoms with Crippen molar-refractivity contribution in [3.05, 3.63) is 133 Å². The molecule has 74 heavy (non-hydrogen) atoms. The Labute approximate surface area is 436 Å². The van der Waals surface area contributed by atoms with Crippen molar-refractivity contribution in [1.82, 2.24) is 10.6 Å². The summed E-state index contributed by atoms with van der Waals surface area (Å²) < 4.78 is 21.8. The molecule has 8 rings (SSSR count). The highest BCUT2D eigenvalue weighted by Gasteiger charge is 2.25. The van der Waals surface area contributed by atoms with Crippen molar-refractivity contribution in [2.24, 2.45) is 0 Å². The molecule has 0 aliphatic carbocycles. The predicted octanol–water partition coefficient (Wildman–Crippen LogP) is 10.1. The molecule has 2 heterocycles. The number of fused-ring (bicyclic) bond motifs is 6. The van der Waals surface area contributed by atoms with E-state index in [0.717, 1.165) is 153 Å². The molecule has 0 saturated carbocycles. The summed E-state index contributed by atoms with van der Waals surface area (Å²) in [7, 11) is 0. The van der Waals surface area contributed by atoms with Gasteiger partial charge < -0.3 is 47.8 Å². The van der Waals surface area contributed by atoms with Gasteiger partial charge in [-0.1, -0.05) is 56.0 Å². The van der Waals surface area contributed by atoms with Gasteiger partial charge in [-0.3, -0.25) is 9.59 Å². The highest BCUT2D eigenvalue weighted by atomic mass is 16.5. The normalized spacial score (nSPS) is 11.4. The lowest BCUT2D eigenvalue weighted by atomic mass is 9.98. The van der Waals surface area contributed by atoms with E-state index in [9.17, 15) is 9.59 Å². The zero-order valence-electron chi connectivity index (χ0n) is 42.1. The summed E-state index contributed by atoms with van der Waals surface area (Å²) in [5.41, 5.74) is 34.8. The smallest absolute Gasteiger partial charge is 0.220 e. The monoisotopic (exact) mass is 1000 g/mol. The van der Waals surface area contributed by atoms with Gasteiger partial charge in [-0.2, -0.15) is 9.13 Å². The first kappa shape index (κ1) is 54.5. The molecule has 10 N–H and O–H groups in total. The summed E-state index contributed by atoms with van der Waals surface area (Å²) in [6.45, 7) is 5.73. The molecule has 13 heteroatoms. The second kappa shape index (κ2) is 27.7. The SMILES string of the molecule is C.Nc1ccc2c(c1)c(-c1ccccc1)[n+](CCCCCC(=O)NCCCOCCOCCOCCCNC(=O)CCCCC[n+]1c(-c3ccccc3)c3cc(N)ccc3c3ccc(N)cc31)c1cc(N)ccc21. The Kier molecular flexibility index (Phi) is 20.3. The maximum absolute atomic E-state index is 12.6. The van der Waals surface area contributed by atoms with Crippen molar-refractivity contribution in [1.29, 1.82) is 0 Å². The molecule has 0 aliphatic heterocycles. The fourth-order valence-corrected chi connectivity index (χ4v) is 9.78. The average molecular weight is 1000 g/mol. The number of ether oxygens (including phenoxy) is 3. The van der Waals surface area contributed by atoms with Crippen LogP contribution in [0.15, 0.2) is 133 Å². The summed E-state index contributed by atoms with van der Waals surface area (Å²) in [5, 5.41) is 12.8. The van der Waals surface area contributed by atoms with Gasteiger partial charge in [-0.25, -0.2) is 0 Å². The summed E-state index contributed by atoms with van der Waals surface area (Å²) in [6.07, 6.45) is 7.72. The van der Waals surface area contributed by atoms with Crippen LogP contribution in [0.5, 0.6) is 0 Å². The highest BCUT2D eigenvalue weighted by molar-refractivity contribution is 6.11. The molecule has 8 aromatic rings. The third-order valence-corrected chi connectivity index (χ3v) is 13.3. The summed E-state index contributed by atoms with van der Waals surface area (Å²) in [4.78, 5) is 25.2. The number of nitrogens with zero attached hydrogens (tertiary/aromatic N) is 2. The van der Waals surface area contributed by atoms with Gasteiger partial charge in [-0.05, 0) is 111 Å². The van der Waals surface area contributed by atoms with Gasteiger partial charge in [0.25, 0.3) is 0 Å². The van der Waals surface area contributed by atoms with E-state index < -0.39 is 0 Å². The first-order chi connectivity index (χ1) is 35.7. The molecule has 0 saturated heterocycles. The van der Waals surface area contributed by atoms with E-state index >= 15 is 0 Å². The van der Waals surface area contributed by atoms with Crippen molar-refractivity contribution < 1.29 is 32.9 Å². The molecule has 0 aliphatic rings. The Morgan fingerprint density at radius 1 is 0.392 bits per heavy atom. The van der Waals surface area contributed by atoms with E-state index in [1.807, 2.05) is 36.4 Å². The molecule has 0 radical (unpaired) electrons. The zero-order chi connectivity index (χ0) is 50.8. The molecule has 2 amide bonds. The highest BCUT2D eigenvalue weighted by Crippen LogP contribution is 2.35. The van der Waals surface area contributed by atoms with Crippen molar-refractivity contribution in [3.63, 3.8) is 0 Å². The number of rotatable bonds is 28. The summed E-state index contributed by atoms with van der Waals surface area (Å²) in [5.74, 6) is 0.126. The number of nitrogens with one attached hydrogen (secondary N) is 2. The third-order valence-electron chi connectivity index (χ3n) is 13.3. The van der Waals surface area contributed by atoms with E-state index in [0.29, 0.717) is 65.6 Å². The van der Waals surface area contributed by atoms with Crippen molar-refractivity contribution >= 4 is 77.9 Å². The number of aromatic nitrogens is 2. The molecule has 0 bridgehead atoms. The molecular weight excluding hydrogens is 925 g/mol. The largest absolute Gasteiger partial charge is 0.399 e. The Morgan fingerprint density at radius 2 is 0.757 bits per heavy atom. The van der Waals surface area contributed by atoms with E-state index in [4.69, 9.17) is 37.1 Å². The average Bonchev–Trinajstić information content (AvgIpc) is 3.41. The van der Waals surface area contributed by atoms with Crippen molar-refractivity contribution in [2.45, 2.75) is 84.7 Å². The topological polar surface area (TPSA) is 198 Å². The number of carbonyl (C=O) groups excluding carboxylic acids is 2. The molecular formula is C61H76N8O5+2. The zero-order valence-corrected chi connectivity index (χ0v) is 42.1. The number of pyridine rings is 2. The first-order valence-corrected chi connectivity index (χ1v) is 26.0. The Bertz CT molecular complexity index is 2910. The third kappa shape index (κ3) is 14.5. The van der Waals surface area contributed by atoms with Gasteiger partial charge in [0.15, 0.2) is 0 Å². The van der Waals surface area contributed by atoms with E-state index in [1.54, 1.807) is 0 Å². The van der Waals surface area contributed by atoms with E-state index in [2.05, 4.69) is 117 Å². The molecule has 13 nitrogen and oxygen atoms in total. The van der Waals surface area contributed by atoms with E-state index in [1.165, 1.54) is 0 Å². The lowest BCUT2D eigenvalue weighted by molar-refractivity contribution is -0.660. The maximum Gasteiger partial charge on any atom is 0.220 e. The molecule has 6 aromatic carbocycles. The number of amides is 2. The number of aryl methyl sites for hydroxylation is 2. The molecule has 388 valence electrons. The Morgan fingerprint density at radius 3 is 1.16 bits per heavy atom. The van der Waals surface area contributed by atoms with E-state index in [-0.39, 0.29) is 19.2 Å². The quantitative estimate of drug-likeness (QED) is 0.0120. The van der Waals surface area contributed by atoms with Crippen molar-refractivity contribution in [3.8, 4) is 22.5 Å².